The van der Waals surface area contributed by atoms with E-state index in [-0.39, 0.29) is 6.54 Å². The van der Waals surface area contributed by atoms with Crippen LogP contribution in [0.4, 0.5) is 0 Å². The molecule has 0 fully saturated rings. The van der Waals surface area contributed by atoms with Crippen molar-refractivity contribution in [2.45, 2.75) is 6.92 Å². The first-order valence-corrected chi connectivity index (χ1v) is 4.54. The Morgan fingerprint density at radius 1 is 1.55 bits per heavy atom. The van der Waals surface area contributed by atoms with Gasteiger partial charge in [-0.2, -0.15) is 13.1 Å². The summed E-state index contributed by atoms with van der Waals surface area (Å²) in [6.45, 7) is 1.88. The number of likely N-dealkylation sites (N-methyl/N-ethyl adjacent to an activating group) is 1. The molecular formula is C4H11N3O3S. The molecular weight excluding hydrogens is 170 g/mol. The summed E-state index contributed by atoms with van der Waals surface area (Å²) < 4.78 is 22.3. The van der Waals surface area contributed by atoms with Crippen molar-refractivity contribution in [2.75, 3.05) is 13.1 Å². The molecule has 0 aromatic heterocycles. The maximum absolute atomic E-state index is 10.6. The summed E-state index contributed by atoms with van der Waals surface area (Å²) in [6.07, 6.45) is 0. The SMILES string of the molecule is CCNC(=O)CNS(N)(=O)=O. The van der Waals surface area contributed by atoms with E-state index in [4.69, 9.17) is 0 Å². The lowest BCUT2D eigenvalue weighted by Gasteiger charge is -2.01. The predicted molar refractivity (Wildman–Crippen MR) is 39.8 cm³/mol. The highest BCUT2D eigenvalue weighted by atomic mass is 32.2. The number of carbonyl (C=O) groups is 1. The zero-order valence-corrected chi connectivity index (χ0v) is 6.94. The van der Waals surface area contributed by atoms with E-state index in [9.17, 15) is 13.2 Å². The second-order valence-corrected chi connectivity index (χ2v) is 3.20. The number of rotatable bonds is 4. The molecule has 6 nitrogen and oxygen atoms in total. The second kappa shape index (κ2) is 4.27. The first-order valence-electron chi connectivity index (χ1n) is 3.00. The molecule has 0 aromatic rings. The molecule has 0 heterocycles. The van der Waals surface area contributed by atoms with E-state index in [0.29, 0.717) is 6.54 Å². The third-order valence-corrected chi connectivity index (χ3v) is 1.35. The summed E-state index contributed by atoms with van der Waals surface area (Å²) in [4.78, 5) is 10.6. The Morgan fingerprint density at radius 2 is 2.09 bits per heavy atom. The number of amides is 1. The molecule has 1 amide bonds. The second-order valence-electron chi connectivity index (χ2n) is 1.82. The van der Waals surface area contributed by atoms with Crippen molar-refractivity contribution < 1.29 is 13.2 Å². The van der Waals surface area contributed by atoms with Gasteiger partial charge in [-0.05, 0) is 6.92 Å². The van der Waals surface area contributed by atoms with Crippen molar-refractivity contribution >= 4 is 16.1 Å². The van der Waals surface area contributed by atoms with Crippen molar-refractivity contribution in [3.8, 4) is 0 Å². The number of hydrogen-bond donors (Lipinski definition) is 3. The lowest BCUT2D eigenvalue weighted by molar-refractivity contribution is -0.119. The molecule has 0 atom stereocenters. The maximum atomic E-state index is 10.6. The van der Waals surface area contributed by atoms with Crippen LogP contribution in [0.1, 0.15) is 6.92 Å². The smallest absolute Gasteiger partial charge is 0.274 e. The number of nitrogens with two attached hydrogens (primary N) is 1. The Bertz CT molecular complexity index is 223. The Kier molecular flexibility index (Phi) is 4.01. The van der Waals surface area contributed by atoms with Gasteiger partial charge in [0.1, 0.15) is 0 Å². The van der Waals surface area contributed by atoms with E-state index in [1.165, 1.54) is 0 Å². The van der Waals surface area contributed by atoms with Crippen molar-refractivity contribution in [3.63, 3.8) is 0 Å². The van der Waals surface area contributed by atoms with Gasteiger partial charge in [-0.25, -0.2) is 5.14 Å². The normalized spacial score (nSPS) is 11.1. The minimum atomic E-state index is -3.75. The van der Waals surface area contributed by atoms with Crippen LogP contribution >= 0.6 is 0 Å². The number of nitrogens with one attached hydrogen (secondary N) is 2. The molecule has 66 valence electrons. The van der Waals surface area contributed by atoms with Crippen LogP contribution in [0.2, 0.25) is 0 Å². The molecule has 0 aliphatic heterocycles. The van der Waals surface area contributed by atoms with Gasteiger partial charge in [-0.1, -0.05) is 0 Å². The van der Waals surface area contributed by atoms with Gasteiger partial charge in [0.2, 0.25) is 5.91 Å². The molecule has 0 saturated heterocycles. The molecule has 0 spiro atoms. The van der Waals surface area contributed by atoms with Gasteiger partial charge < -0.3 is 5.32 Å². The van der Waals surface area contributed by atoms with Crippen LogP contribution in [0, 0.1) is 0 Å². The highest BCUT2D eigenvalue weighted by Crippen LogP contribution is 1.67. The molecule has 0 radical (unpaired) electrons. The van der Waals surface area contributed by atoms with E-state index in [2.05, 4.69) is 10.5 Å². The van der Waals surface area contributed by atoms with Gasteiger partial charge in [0.05, 0.1) is 6.54 Å². The Labute approximate surface area is 65.3 Å². The topological polar surface area (TPSA) is 101 Å². The minimum absolute atomic E-state index is 0.313. The Morgan fingerprint density at radius 3 is 2.45 bits per heavy atom. The van der Waals surface area contributed by atoms with E-state index >= 15 is 0 Å². The molecule has 4 N–H and O–H groups in total. The van der Waals surface area contributed by atoms with E-state index in [1.54, 1.807) is 6.92 Å². The third-order valence-electron chi connectivity index (χ3n) is 0.808. The van der Waals surface area contributed by atoms with Crippen molar-refractivity contribution in [1.29, 1.82) is 0 Å². The summed E-state index contributed by atoms with van der Waals surface area (Å²) in [5, 5.41) is 6.96. The van der Waals surface area contributed by atoms with Crippen molar-refractivity contribution in [3.05, 3.63) is 0 Å². The van der Waals surface area contributed by atoms with Crippen molar-refractivity contribution in [2.24, 2.45) is 5.14 Å². The quantitative estimate of drug-likeness (QED) is 0.463. The average molecular weight is 181 g/mol. The summed E-state index contributed by atoms with van der Waals surface area (Å²) in [5.41, 5.74) is 0. The van der Waals surface area contributed by atoms with Gasteiger partial charge in [0.15, 0.2) is 0 Å². The zero-order valence-electron chi connectivity index (χ0n) is 6.12. The fourth-order valence-electron chi connectivity index (χ4n) is 0.426. The van der Waals surface area contributed by atoms with E-state index in [0.717, 1.165) is 0 Å². The minimum Gasteiger partial charge on any atom is -0.355 e. The lowest BCUT2D eigenvalue weighted by atomic mass is 10.6. The maximum Gasteiger partial charge on any atom is 0.274 e. The van der Waals surface area contributed by atoms with Gasteiger partial charge in [-0.3, -0.25) is 4.79 Å². The van der Waals surface area contributed by atoms with Crippen LogP contribution in [0.15, 0.2) is 0 Å². The first-order chi connectivity index (χ1) is 4.95. The summed E-state index contributed by atoms with van der Waals surface area (Å²) in [5.74, 6) is -0.401. The van der Waals surface area contributed by atoms with Gasteiger partial charge in [-0.15, -0.1) is 0 Å². The Balaban J connectivity index is 3.64. The van der Waals surface area contributed by atoms with Crippen LogP contribution < -0.4 is 15.2 Å². The number of carbonyl (C=O) groups excluding carboxylic acids is 1. The van der Waals surface area contributed by atoms with Crippen molar-refractivity contribution in [1.82, 2.24) is 10.0 Å². The van der Waals surface area contributed by atoms with Crippen LogP contribution in [0.3, 0.4) is 0 Å². The molecule has 0 unspecified atom stereocenters. The summed E-state index contributed by atoms with van der Waals surface area (Å²) in [6, 6.07) is 0. The molecule has 0 bridgehead atoms. The molecule has 7 heteroatoms. The fourth-order valence-corrected chi connectivity index (χ4v) is 0.758. The number of hydrogen-bond acceptors (Lipinski definition) is 3. The summed E-state index contributed by atoms with van der Waals surface area (Å²) in [7, 11) is -3.75. The Hall–Kier alpha value is -0.660. The molecule has 0 rings (SSSR count). The van der Waals surface area contributed by atoms with Gasteiger partial charge >= 0.3 is 0 Å². The van der Waals surface area contributed by atoms with Crippen LogP contribution in [0.5, 0.6) is 0 Å². The van der Waals surface area contributed by atoms with Crippen LogP contribution in [-0.4, -0.2) is 27.4 Å². The first kappa shape index (κ1) is 10.3. The van der Waals surface area contributed by atoms with E-state index in [1.807, 2.05) is 4.72 Å². The third kappa shape index (κ3) is 7.23. The standard InChI is InChI=1S/C4H11N3O3S/c1-2-6-4(8)3-7-11(5,9)10/h7H,2-3H2,1H3,(H,6,8)(H2,5,9,10). The molecule has 0 aliphatic carbocycles. The molecule has 11 heavy (non-hydrogen) atoms. The van der Waals surface area contributed by atoms with Crippen LogP contribution in [0.25, 0.3) is 0 Å². The molecule has 0 aliphatic rings. The largest absolute Gasteiger partial charge is 0.355 e. The average Bonchev–Trinajstić information content (AvgIpc) is 1.83. The molecule has 0 aromatic carbocycles. The monoisotopic (exact) mass is 181 g/mol. The zero-order chi connectivity index (χ0) is 8.91. The highest BCUT2D eigenvalue weighted by molar-refractivity contribution is 7.87. The van der Waals surface area contributed by atoms with Crippen LogP contribution in [-0.2, 0) is 15.0 Å². The highest BCUT2D eigenvalue weighted by Gasteiger charge is 2.04. The molecule has 0 saturated carbocycles. The lowest BCUT2D eigenvalue weighted by Crippen LogP contribution is -2.39. The predicted octanol–water partition coefficient (Wildman–Crippen LogP) is -2.08. The summed E-state index contributed by atoms with van der Waals surface area (Å²) >= 11 is 0. The van der Waals surface area contributed by atoms with E-state index < -0.39 is 16.1 Å². The van der Waals surface area contributed by atoms with Gasteiger partial charge in [0.25, 0.3) is 10.2 Å². The van der Waals surface area contributed by atoms with Gasteiger partial charge in [0, 0.05) is 6.54 Å². The fraction of sp³-hybridized carbons (Fsp3) is 0.750.